The zero-order valence-corrected chi connectivity index (χ0v) is 15.2. The van der Waals surface area contributed by atoms with E-state index in [9.17, 15) is 19.8 Å². The Hall–Kier alpha value is -3.81. The highest BCUT2D eigenvalue weighted by Gasteiger charge is 2.08. The molecule has 0 radical (unpaired) electrons. The minimum atomic E-state index is -0.511. The van der Waals surface area contributed by atoms with Gasteiger partial charge in [0.15, 0.2) is 6.61 Å². The molecule has 8 heteroatoms. The van der Waals surface area contributed by atoms with Crippen LogP contribution in [0.2, 0.25) is 0 Å². The number of benzene rings is 2. The Balaban J connectivity index is 1.64. The van der Waals surface area contributed by atoms with Crippen LogP contribution in [0.25, 0.3) is 11.0 Å². The zero-order chi connectivity index (χ0) is 20.3. The van der Waals surface area contributed by atoms with Gasteiger partial charge in [0.1, 0.15) is 22.8 Å². The minimum absolute atomic E-state index is 0.0760. The van der Waals surface area contributed by atoms with Crippen molar-refractivity contribution in [3.8, 4) is 17.2 Å². The predicted molar refractivity (Wildman–Crippen MR) is 103 cm³/mol. The van der Waals surface area contributed by atoms with E-state index >= 15 is 0 Å². The molecule has 144 valence electrons. The lowest BCUT2D eigenvalue weighted by Crippen LogP contribution is -2.25. The van der Waals surface area contributed by atoms with Crippen LogP contribution in [0.15, 0.2) is 56.8 Å². The van der Waals surface area contributed by atoms with Crippen LogP contribution >= 0.6 is 0 Å². The van der Waals surface area contributed by atoms with E-state index < -0.39 is 11.5 Å². The molecule has 0 fully saturated rings. The molecule has 0 saturated heterocycles. The first kappa shape index (κ1) is 19.0. The molecule has 0 aliphatic carbocycles. The van der Waals surface area contributed by atoms with Crippen LogP contribution in [0.5, 0.6) is 17.2 Å². The molecule has 0 bridgehead atoms. The van der Waals surface area contributed by atoms with Crippen LogP contribution in [0.1, 0.15) is 18.1 Å². The molecular formula is C20H18N2O6. The molecule has 3 aromatic rings. The average Bonchev–Trinajstić information content (AvgIpc) is 2.64. The standard InChI is InChI=1S/C20H18N2O6/c1-11-7-20(26)28-18-9-14(4-6-15(11)18)27-10-19(25)22-21-12(2)16-5-3-13(23)8-17(16)24/h3-9,23-24H,10H2,1-2H3,(H,22,25)/b21-12+. The van der Waals surface area contributed by atoms with Crippen LogP contribution < -0.4 is 15.8 Å². The Labute approximate surface area is 159 Å². The van der Waals surface area contributed by atoms with E-state index in [4.69, 9.17) is 9.15 Å². The summed E-state index contributed by atoms with van der Waals surface area (Å²) < 4.78 is 10.5. The molecule has 28 heavy (non-hydrogen) atoms. The molecule has 1 aromatic heterocycles. The number of fused-ring (bicyclic) bond motifs is 1. The van der Waals surface area contributed by atoms with Gasteiger partial charge in [0.25, 0.3) is 5.91 Å². The third kappa shape index (κ3) is 4.29. The van der Waals surface area contributed by atoms with Crippen LogP contribution in [0, 0.1) is 6.92 Å². The quantitative estimate of drug-likeness (QED) is 0.354. The van der Waals surface area contributed by atoms with Crippen molar-refractivity contribution >= 4 is 22.6 Å². The maximum atomic E-state index is 11.9. The number of hydrazone groups is 1. The summed E-state index contributed by atoms with van der Waals surface area (Å²) in [5.41, 5.74) is 3.76. The first-order valence-corrected chi connectivity index (χ1v) is 8.36. The summed E-state index contributed by atoms with van der Waals surface area (Å²) >= 11 is 0. The molecule has 0 saturated carbocycles. The number of carbonyl (C=O) groups excluding carboxylic acids is 1. The van der Waals surface area contributed by atoms with Crippen molar-refractivity contribution in [1.82, 2.24) is 5.43 Å². The topological polar surface area (TPSA) is 121 Å². The molecule has 0 aliphatic heterocycles. The largest absolute Gasteiger partial charge is 0.508 e. The highest BCUT2D eigenvalue weighted by molar-refractivity contribution is 6.01. The number of hydrogen-bond donors (Lipinski definition) is 3. The van der Waals surface area contributed by atoms with Crippen molar-refractivity contribution in [2.75, 3.05) is 6.61 Å². The van der Waals surface area contributed by atoms with Gasteiger partial charge in [0.05, 0.1) is 5.71 Å². The summed E-state index contributed by atoms with van der Waals surface area (Å²) in [6.45, 7) is 3.10. The summed E-state index contributed by atoms with van der Waals surface area (Å²) in [5, 5.41) is 23.8. The van der Waals surface area contributed by atoms with E-state index in [0.717, 1.165) is 10.9 Å². The Kier molecular flexibility index (Phi) is 5.30. The number of hydrogen-bond acceptors (Lipinski definition) is 7. The number of nitrogens with one attached hydrogen (secondary N) is 1. The Morgan fingerprint density at radius 1 is 1.18 bits per heavy atom. The monoisotopic (exact) mass is 382 g/mol. The molecule has 0 spiro atoms. The van der Waals surface area contributed by atoms with Gasteiger partial charge in [-0.2, -0.15) is 5.10 Å². The first-order valence-electron chi connectivity index (χ1n) is 8.36. The Morgan fingerprint density at radius 3 is 2.71 bits per heavy atom. The lowest BCUT2D eigenvalue weighted by Gasteiger charge is -2.08. The van der Waals surface area contributed by atoms with E-state index in [-0.39, 0.29) is 18.1 Å². The summed E-state index contributed by atoms with van der Waals surface area (Å²) in [7, 11) is 0. The van der Waals surface area contributed by atoms with Crippen molar-refractivity contribution < 1.29 is 24.2 Å². The number of ether oxygens (including phenoxy) is 1. The summed E-state index contributed by atoms with van der Waals surface area (Å²) in [6, 6.07) is 10.4. The molecule has 0 aliphatic rings. The number of carbonyl (C=O) groups is 1. The van der Waals surface area contributed by atoms with Crippen molar-refractivity contribution in [3.05, 3.63) is 64.0 Å². The molecule has 2 aromatic carbocycles. The molecule has 3 rings (SSSR count). The third-order valence-electron chi connectivity index (χ3n) is 4.01. The zero-order valence-electron chi connectivity index (χ0n) is 15.2. The van der Waals surface area contributed by atoms with Gasteiger partial charge < -0.3 is 19.4 Å². The maximum Gasteiger partial charge on any atom is 0.336 e. The summed E-state index contributed by atoms with van der Waals surface area (Å²) in [5.74, 6) is -0.371. The van der Waals surface area contributed by atoms with Crippen molar-refractivity contribution in [1.29, 1.82) is 0 Å². The van der Waals surface area contributed by atoms with E-state index in [1.807, 2.05) is 0 Å². The molecule has 1 amide bonds. The van der Waals surface area contributed by atoms with E-state index in [1.165, 1.54) is 24.3 Å². The van der Waals surface area contributed by atoms with E-state index in [1.54, 1.807) is 32.0 Å². The van der Waals surface area contributed by atoms with Gasteiger partial charge in [-0.1, -0.05) is 0 Å². The normalized spacial score (nSPS) is 11.4. The number of phenolic OH excluding ortho intramolecular Hbond substituents is 2. The van der Waals surface area contributed by atoms with E-state index in [2.05, 4.69) is 10.5 Å². The number of rotatable bonds is 5. The minimum Gasteiger partial charge on any atom is -0.508 e. The van der Waals surface area contributed by atoms with Gasteiger partial charge in [-0.05, 0) is 43.7 Å². The summed E-state index contributed by atoms with van der Waals surface area (Å²) in [6.07, 6.45) is 0. The fraction of sp³-hybridized carbons (Fsp3) is 0.150. The Morgan fingerprint density at radius 2 is 1.96 bits per heavy atom. The average molecular weight is 382 g/mol. The first-order chi connectivity index (χ1) is 13.3. The number of nitrogens with zero attached hydrogens (tertiary/aromatic N) is 1. The van der Waals surface area contributed by atoms with Crippen molar-refractivity contribution in [2.45, 2.75) is 13.8 Å². The number of phenols is 2. The fourth-order valence-electron chi connectivity index (χ4n) is 2.61. The van der Waals surface area contributed by atoms with Gasteiger partial charge in [-0.15, -0.1) is 0 Å². The van der Waals surface area contributed by atoms with Crippen LogP contribution in [0.4, 0.5) is 0 Å². The van der Waals surface area contributed by atoms with Crippen LogP contribution in [0.3, 0.4) is 0 Å². The van der Waals surface area contributed by atoms with Gasteiger partial charge in [0, 0.05) is 29.1 Å². The molecule has 0 unspecified atom stereocenters. The summed E-state index contributed by atoms with van der Waals surface area (Å²) in [4.78, 5) is 23.4. The smallest absolute Gasteiger partial charge is 0.336 e. The van der Waals surface area contributed by atoms with Gasteiger partial charge in [0.2, 0.25) is 0 Å². The lowest BCUT2D eigenvalue weighted by atomic mass is 10.1. The fourth-order valence-corrected chi connectivity index (χ4v) is 2.61. The van der Waals surface area contributed by atoms with Gasteiger partial charge in [-0.3, -0.25) is 4.79 Å². The van der Waals surface area contributed by atoms with Crippen molar-refractivity contribution in [3.63, 3.8) is 0 Å². The lowest BCUT2D eigenvalue weighted by molar-refractivity contribution is -0.123. The second kappa shape index (κ2) is 7.83. The second-order valence-electron chi connectivity index (χ2n) is 6.13. The molecule has 8 nitrogen and oxygen atoms in total. The third-order valence-corrected chi connectivity index (χ3v) is 4.01. The number of amides is 1. The van der Waals surface area contributed by atoms with Crippen LogP contribution in [-0.4, -0.2) is 28.4 Å². The molecular weight excluding hydrogens is 364 g/mol. The van der Waals surface area contributed by atoms with Gasteiger partial charge >= 0.3 is 5.63 Å². The molecule has 3 N–H and O–H groups in total. The molecule has 1 heterocycles. The van der Waals surface area contributed by atoms with Gasteiger partial charge in [-0.25, -0.2) is 10.2 Å². The molecule has 0 atom stereocenters. The Bertz CT molecular complexity index is 1130. The van der Waals surface area contributed by atoms with Crippen LogP contribution in [-0.2, 0) is 4.79 Å². The highest BCUT2D eigenvalue weighted by Crippen LogP contribution is 2.23. The number of aryl methyl sites for hydroxylation is 1. The highest BCUT2D eigenvalue weighted by atomic mass is 16.5. The van der Waals surface area contributed by atoms with E-state index in [0.29, 0.717) is 22.6 Å². The van der Waals surface area contributed by atoms with Crippen molar-refractivity contribution in [2.24, 2.45) is 5.10 Å². The maximum absolute atomic E-state index is 11.9. The predicted octanol–water partition coefficient (Wildman–Crippen LogP) is 2.43. The number of aromatic hydroxyl groups is 2. The SMILES string of the molecule is C/C(=N\NC(=O)COc1ccc2c(C)cc(=O)oc2c1)c1ccc(O)cc1O. The second-order valence-corrected chi connectivity index (χ2v) is 6.13.